The number of carboxylic acids is 1. The number of benzene rings is 1. The van der Waals surface area contributed by atoms with Gasteiger partial charge in [0.05, 0.1) is 0 Å². The van der Waals surface area contributed by atoms with Crippen molar-refractivity contribution in [2.24, 2.45) is 0 Å². The fraction of sp³-hybridized carbons (Fsp3) is 0.364. The Morgan fingerprint density at radius 1 is 1.47 bits per heavy atom. The topological polar surface area (TPSA) is 60.8 Å². The van der Waals surface area contributed by atoms with Crippen LogP contribution >= 0.6 is 11.8 Å². The van der Waals surface area contributed by atoms with E-state index >= 15 is 0 Å². The highest BCUT2D eigenvalue weighted by molar-refractivity contribution is 8.01. The van der Waals surface area contributed by atoms with Crippen molar-refractivity contribution in [3.05, 3.63) is 35.9 Å². The molecule has 1 heterocycles. The predicted molar refractivity (Wildman–Crippen MR) is 68.7 cm³/mol. The first-order valence-corrected chi connectivity index (χ1v) is 6.41. The Bertz CT molecular complexity index is 401. The Kier molecular flexibility index (Phi) is 3.76. The maximum atomic E-state index is 11.1. The molecule has 90 valence electrons. The van der Waals surface area contributed by atoms with Crippen molar-refractivity contribution >= 4 is 24.8 Å². The quantitative estimate of drug-likeness (QED) is 0.793. The minimum absolute atomic E-state index is 0.104. The normalized spacial score (nSPS) is 24.8. The molecule has 0 aliphatic carbocycles. The van der Waals surface area contributed by atoms with Gasteiger partial charge in [-0.1, -0.05) is 30.3 Å². The van der Waals surface area contributed by atoms with Crippen LogP contribution in [-0.2, 0) is 4.79 Å². The highest BCUT2D eigenvalue weighted by atomic mass is 32.2. The fourth-order valence-electron chi connectivity index (χ4n) is 1.96. The van der Waals surface area contributed by atoms with Crippen LogP contribution in [-0.4, -0.2) is 39.9 Å². The molecule has 2 rings (SSSR count). The van der Waals surface area contributed by atoms with Crippen molar-refractivity contribution in [1.82, 2.24) is 4.81 Å². The lowest BCUT2D eigenvalue weighted by molar-refractivity contribution is -0.138. The molecule has 4 nitrogen and oxygen atoms in total. The highest BCUT2D eigenvalue weighted by Crippen LogP contribution is 2.41. The lowest BCUT2D eigenvalue weighted by Crippen LogP contribution is -2.43. The smallest absolute Gasteiger partial charge is 0.377 e. The zero-order valence-corrected chi connectivity index (χ0v) is 10.3. The summed E-state index contributed by atoms with van der Waals surface area (Å²) < 4.78 is 0. The molecule has 0 aromatic heterocycles. The van der Waals surface area contributed by atoms with Crippen molar-refractivity contribution in [3.8, 4) is 0 Å². The van der Waals surface area contributed by atoms with Crippen molar-refractivity contribution in [3.63, 3.8) is 0 Å². The summed E-state index contributed by atoms with van der Waals surface area (Å²) in [5.41, 5.74) is 1.10. The van der Waals surface area contributed by atoms with E-state index in [1.165, 1.54) is 11.8 Å². The Balaban J connectivity index is 2.17. The number of rotatable bonds is 3. The molecule has 1 saturated heterocycles. The summed E-state index contributed by atoms with van der Waals surface area (Å²) in [6.07, 6.45) is 0. The van der Waals surface area contributed by atoms with Crippen LogP contribution in [0.15, 0.2) is 30.3 Å². The van der Waals surface area contributed by atoms with Crippen LogP contribution in [0, 0.1) is 0 Å². The highest BCUT2D eigenvalue weighted by Gasteiger charge is 2.41. The van der Waals surface area contributed by atoms with Crippen LogP contribution in [0.2, 0.25) is 6.82 Å². The summed E-state index contributed by atoms with van der Waals surface area (Å²) in [7, 11) is -0.739. The monoisotopic (exact) mass is 251 g/mol. The number of carboxylic acid groups (broad SMARTS) is 1. The number of nitrogens with zero attached hydrogens (tertiary/aromatic N) is 1. The number of carbonyl (C=O) groups is 1. The maximum absolute atomic E-state index is 11.1. The largest absolute Gasteiger partial charge is 0.479 e. The standard InChI is InChI=1S/C11H14BNO3S/c1-12(16)13-7-9(17-10(13)11(14)15)8-5-3-2-4-6-8/h2-6,9-10,16H,7H2,1H3,(H,14,15)/t9-,10+/m1/s1. The van der Waals surface area contributed by atoms with Gasteiger partial charge in [0.15, 0.2) is 0 Å². The zero-order chi connectivity index (χ0) is 12.4. The van der Waals surface area contributed by atoms with E-state index in [0.717, 1.165) is 5.56 Å². The van der Waals surface area contributed by atoms with E-state index in [1.807, 2.05) is 30.3 Å². The van der Waals surface area contributed by atoms with E-state index < -0.39 is 18.4 Å². The third-order valence-corrected chi connectivity index (χ3v) is 4.31. The molecule has 2 atom stereocenters. The van der Waals surface area contributed by atoms with Gasteiger partial charge in [0.25, 0.3) is 0 Å². The van der Waals surface area contributed by atoms with E-state index in [-0.39, 0.29) is 5.25 Å². The molecule has 1 aromatic carbocycles. The van der Waals surface area contributed by atoms with E-state index in [2.05, 4.69) is 0 Å². The Hall–Kier alpha value is -0.975. The fourth-order valence-corrected chi connectivity index (χ4v) is 3.38. The molecule has 6 heteroatoms. The van der Waals surface area contributed by atoms with Gasteiger partial charge in [0.1, 0.15) is 5.37 Å². The number of thioether (sulfide) groups is 1. The minimum Gasteiger partial charge on any atom is -0.479 e. The summed E-state index contributed by atoms with van der Waals surface area (Å²) in [4.78, 5) is 12.7. The van der Waals surface area contributed by atoms with E-state index in [1.54, 1.807) is 11.6 Å². The molecule has 1 aromatic rings. The molecule has 1 aliphatic rings. The molecule has 0 bridgehead atoms. The zero-order valence-electron chi connectivity index (χ0n) is 9.48. The molecule has 0 amide bonds. The third kappa shape index (κ3) is 2.65. The lowest BCUT2D eigenvalue weighted by atomic mass is 9.84. The SMILES string of the molecule is CB(O)N1C[C@H](c2ccccc2)S[C@H]1C(=O)O. The van der Waals surface area contributed by atoms with E-state index in [0.29, 0.717) is 6.54 Å². The average molecular weight is 251 g/mol. The van der Waals surface area contributed by atoms with Gasteiger partial charge in [0, 0.05) is 11.8 Å². The first-order chi connectivity index (χ1) is 8.09. The molecule has 1 aliphatic heterocycles. The van der Waals surface area contributed by atoms with Gasteiger partial charge in [-0.05, 0) is 12.4 Å². The molecular weight excluding hydrogens is 237 g/mol. The second kappa shape index (κ2) is 5.12. The number of hydrogen-bond acceptors (Lipinski definition) is 4. The van der Waals surface area contributed by atoms with Crippen molar-refractivity contribution in [1.29, 1.82) is 0 Å². The Morgan fingerprint density at radius 2 is 2.12 bits per heavy atom. The van der Waals surface area contributed by atoms with Gasteiger partial charge in [-0.2, -0.15) is 0 Å². The molecule has 0 saturated carbocycles. The molecule has 0 radical (unpaired) electrons. The maximum Gasteiger partial charge on any atom is 0.377 e. The van der Waals surface area contributed by atoms with Gasteiger partial charge in [-0.25, -0.2) is 4.79 Å². The van der Waals surface area contributed by atoms with Gasteiger partial charge in [-0.3, -0.25) is 4.81 Å². The van der Waals surface area contributed by atoms with Crippen LogP contribution in [0.1, 0.15) is 10.8 Å². The van der Waals surface area contributed by atoms with Crippen molar-refractivity contribution in [2.75, 3.05) is 6.54 Å². The van der Waals surface area contributed by atoms with Gasteiger partial charge >= 0.3 is 13.0 Å². The third-order valence-electron chi connectivity index (χ3n) is 2.83. The van der Waals surface area contributed by atoms with Crippen molar-refractivity contribution < 1.29 is 14.9 Å². The minimum atomic E-state index is -0.894. The molecule has 0 unspecified atom stereocenters. The summed E-state index contributed by atoms with van der Waals surface area (Å²) in [6, 6.07) is 9.79. The van der Waals surface area contributed by atoms with Gasteiger partial charge in [0.2, 0.25) is 0 Å². The summed E-state index contributed by atoms with van der Waals surface area (Å²) in [6.45, 7) is 2.16. The molecular formula is C11H14BNO3S. The summed E-state index contributed by atoms with van der Waals surface area (Å²) in [5.74, 6) is -0.894. The second-order valence-corrected chi connectivity index (χ2v) is 5.34. The van der Waals surface area contributed by atoms with E-state index in [9.17, 15) is 9.82 Å². The predicted octanol–water partition coefficient (Wildman–Crippen LogP) is 1.30. The first kappa shape index (κ1) is 12.5. The second-order valence-electron chi connectivity index (χ2n) is 4.05. The van der Waals surface area contributed by atoms with Crippen molar-refractivity contribution in [2.45, 2.75) is 17.4 Å². The lowest BCUT2D eigenvalue weighted by Gasteiger charge is -2.20. The van der Waals surface area contributed by atoms with E-state index in [4.69, 9.17) is 5.11 Å². The number of aliphatic carboxylic acids is 1. The molecule has 2 N–H and O–H groups in total. The van der Waals surface area contributed by atoms with Crippen LogP contribution in [0.5, 0.6) is 0 Å². The van der Waals surface area contributed by atoms with Crippen LogP contribution in [0.25, 0.3) is 0 Å². The van der Waals surface area contributed by atoms with Gasteiger partial charge < -0.3 is 10.1 Å². The van der Waals surface area contributed by atoms with Crippen LogP contribution < -0.4 is 0 Å². The molecule has 0 spiro atoms. The average Bonchev–Trinajstić information content (AvgIpc) is 2.75. The van der Waals surface area contributed by atoms with Crippen LogP contribution in [0.4, 0.5) is 0 Å². The molecule has 1 fully saturated rings. The summed E-state index contributed by atoms with van der Waals surface area (Å²) in [5, 5.41) is 18.1. The van der Waals surface area contributed by atoms with Gasteiger partial charge in [-0.15, -0.1) is 11.8 Å². The Morgan fingerprint density at radius 3 is 2.59 bits per heavy atom. The Labute approximate surface area is 105 Å². The molecule has 17 heavy (non-hydrogen) atoms. The van der Waals surface area contributed by atoms with Crippen LogP contribution in [0.3, 0.4) is 0 Å². The summed E-state index contributed by atoms with van der Waals surface area (Å²) >= 11 is 1.37. The first-order valence-electron chi connectivity index (χ1n) is 5.46. The number of hydrogen-bond donors (Lipinski definition) is 2.